The standard InChI is InChI=1S/C24H31N3O6/c1-23(2,3)33-22(31)26-11-9-17(24(4,15-26)21(29)30)6-5-10-27-18-12-16(13-25)7-8-19(18)32-14-20(27)28/h7-8,12,17H,5-6,9-11,14-15H2,1-4H3,(H,29,30). The van der Waals surface area contributed by atoms with Crippen molar-refractivity contribution in [3.8, 4) is 11.8 Å². The Bertz CT molecular complexity index is 979. The number of rotatable bonds is 5. The number of hydrogen-bond acceptors (Lipinski definition) is 6. The summed E-state index contributed by atoms with van der Waals surface area (Å²) in [5, 5.41) is 19.2. The van der Waals surface area contributed by atoms with E-state index in [0.29, 0.717) is 49.4 Å². The summed E-state index contributed by atoms with van der Waals surface area (Å²) < 4.78 is 10.9. The van der Waals surface area contributed by atoms with Gasteiger partial charge in [-0.2, -0.15) is 5.26 Å². The minimum Gasteiger partial charge on any atom is -0.482 e. The zero-order valence-electron chi connectivity index (χ0n) is 19.6. The number of carbonyl (C=O) groups is 3. The van der Waals surface area contributed by atoms with Crippen molar-refractivity contribution in [1.29, 1.82) is 5.26 Å². The normalized spacial score (nSPS) is 22.8. The van der Waals surface area contributed by atoms with Crippen molar-refractivity contribution in [2.24, 2.45) is 11.3 Å². The van der Waals surface area contributed by atoms with Gasteiger partial charge in [-0.15, -0.1) is 0 Å². The summed E-state index contributed by atoms with van der Waals surface area (Å²) in [5.74, 6) is -0.755. The number of hydrogen-bond donors (Lipinski definition) is 1. The molecule has 9 heteroatoms. The molecule has 0 radical (unpaired) electrons. The highest BCUT2D eigenvalue weighted by Crippen LogP contribution is 2.40. The van der Waals surface area contributed by atoms with E-state index < -0.39 is 23.1 Å². The minimum atomic E-state index is -1.12. The number of carboxylic acid groups (broad SMARTS) is 1. The molecule has 2 amide bonds. The number of carboxylic acids is 1. The van der Waals surface area contributed by atoms with Crippen LogP contribution in [-0.4, -0.2) is 59.8 Å². The molecule has 178 valence electrons. The number of benzene rings is 1. The van der Waals surface area contributed by atoms with Crippen LogP contribution in [-0.2, 0) is 14.3 Å². The van der Waals surface area contributed by atoms with Gasteiger partial charge in [-0.3, -0.25) is 9.59 Å². The van der Waals surface area contributed by atoms with Crippen LogP contribution in [0.25, 0.3) is 0 Å². The van der Waals surface area contributed by atoms with E-state index in [4.69, 9.17) is 9.47 Å². The summed E-state index contributed by atoms with van der Waals surface area (Å²) in [4.78, 5) is 40.2. The molecule has 2 aliphatic heterocycles. The molecule has 0 saturated carbocycles. The van der Waals surface area contributed by atoms with Crippen LogP contribution in [0.3, 0.4) is 0 Å². The molecule has 2 unspecified atom stereocenters. The number of nitriles is 1. The maximum Gasteiger partial charge on any atom is 0.410 e. The van der Waals surface area contributed by atoms with Crippen molar-refractivity contribution in [1.82, 2.24) is 4.90 Å². The van der Waals surface area contributed by atoms with Gasteiger partial charge in [0.1, 0.15) is 11.4 Å². The summed E-state index contributed by atoms with van der Waals surface area (Å²) in [6.45, 7) is 7.83. The first-order chi connectivity index (χ1) is 15.4. The van der Waals surface area contributed by atoms with E-state index in [-0.39, 0.29) is 25.0 Å². The first kappa shape index (κ1) is 24.4. The summed E-state index contributed by atoms with van der Waals surface area (Å²) in [6.07, 6.45) is 1.20. The Labute approximate surface area is 193 Å². The van der Waals surface area contributed by atoms with Gasteiger partial charge in [0, 0.05) is 19.6 Å². The average Bonchev–Trinajstić information content (AvgIpc) is 2.74. The van der Waals surface area contributed by atoms with E-state index in [1.165, 1.54) is 4.90 Å². The predicted octanol–water partition coefficient (Wildman–Crippen LogP) is 3.41. The van der Waals surface area contributed by atoms with E-state index in [0.717, 1.165) is 0 Å². The van der Waals surface area contributed by atoms with Crippen LogP contribution in [0.4, 0.5) is 10.5 Å². The zero-order chi connectivity index (χ0) is 24.4. The van der Waals surface area contributed by atoms with Gasteiger partial charge in [0.05, 0.1) is 22.7 Å². The average molecular weight is 458 g/mol. The zero-order valence-corrected chi connectivity index (χ0v) is 19.6. The molecule has 1 aromatic rings. The number of ether oxygens (including phenoxy) is 2. The maximum atomic E-state index is 12.5. The number of likely N-dealkylation sites (tertiary alicyclic amines) is 1. The second kappa shape index (κ2) is 9.30. The molecule has 0 aromatic heterocycles. The van der Waals surface area contributed by atoms with Gasteiger partial charge in [0.25, 0.3) is 5.91 Å². The molecular formula is C24H31N3O6. The molecule has 0 spiro atoms. The SMILES string of the molecule is CC(C)(C)OC(=O)N1CCC(CCCN2C(=O)COc3ccc(C#N)cc32)C(C)(C(=O)O)C1. The molecule has 2 atom stereocenters. The Kier molecular flexibility index (Phi) is 6.86. The van der Waals surface area contributed by atoms with E-state index in [9.17, 15) is 24.8 Å². The molecule has 2 aliphatic rings. The second-order valence-corrected chi connectivity index (χ2v) is 9.88. The Morgan fingerprint density at radius 1 is 1.36 bits per heavy atom. The lowest BCUT2D eigenvalue weighted by Gasteiger charge is -2.44. The lowest BCUT2D eigenvalue weighted by molar-refractivity contribution is -0.155. The third-order valence-corrected chi connectivity index (χ3v) is 6.27. The first-order valence-corrected chi connectivity index (χ1v) is 11.1. The quantitative estimate of drug-likeness (QED) is 0.719. The molecule has 3 rings (SSSR count). The van der Waals surface area contributed by atoms with Crippen molar-refractivity contribution in [3.63, 3.8) is 0 Å². The van der Waals surface area contributed by atoms with E-state index in [1.54, 1.807) is 50.8 Å². The number of nitrogens with zero attached hydrogens (tertiary/aromatic N) is 3. The van der Waals surface area contributed by atoms with Gasteiger partial charge >= 0.3 is 12.1 Å². The van der Waals surface area contributed by atoms with Gasteiger partial charge in [0.15, 0.2) is 6.61 Å². The van der Waals surface area contributed by atoms with Gasteiger partial charge < -0.3 is 24.4 Å². The third kappa shape index (κ3) is 5.38. The molecule has 0 aliphatic carbocycles. The van der Waals surface area contributed by atoms with Gasteiger partial charge in [-0.1, -0.05) is 0 Å². The molecule has 1 N–H and O–H groups in total. The summed E-state index contributed by atoms with van der Waals surface area (Å²) in [7, 11) is 0. The highest BCUT2D eigenvalue weighted by atomic mass is 16.6. The maximum absolute atomic E-state index is 12.5. The molecule has 1 aromatic carbocycles. The van der Waals surface area contributed by atoms with Crippen LogP contribution in [0.2, 0.25) is 0 Å². The molecule has 2 heterocycles. The fourth-order valence-electron chi connectivity index (χ4n) is 4.43. The Hall–Kier alpha value is -3.28. The molecular weight excluding hydrogens is 426 g/mol. The molecule has 9 nitrogen and oxygen atoms in total. The van der Waals surface area contributed by atoms with Gasteiger partial charge in [0.2, 0.25) is 0 Å². The lowest BCUT2D eigenvalue weighted by Crippen LogP contribution is -2.54. The van der Waals surface area contributed by atoms with Crippen LogP contribution in [0.15, 0.2) is 18.2 Å². The number of fused-ring (bicyclic) bond motifs is 1. The number of aliphatic carboxylic acids is 1. The number of amides is 2. The van der Waals surface area contributed by atoms with Crippen LogP contribution in [0.1, 0.15) is 52.5 Å². The Morgan fingerprint density at radius 2 is 2.09 bits per heavy atom. The van der Waals surface area contributed by atoms with Crippen molar-refractivity contribution < 1.29 is 29.0 Å². The largest absolute Gasteiger partial charge is 0.482 e. The fraction of sp³-hybridized carbons (Fsp3) is 0.583. The number of carbonyl (C=O) groups excluding carboxylic acids is 2. The van der Waals surface area contributed by atoms with E-state index in [2.05, 4.69) is 6.07 Å². The summed E-state index contributed by atoms with van der Waals surface area (Å²) >= 11 is 0. The highest BCUT2D eigenvalue weighted by molar-refractivity contribution is 5.98. The topological polar surface area (TPSA) is 120 Å². The van der Waals surface area contributed by atoms with Crippen molar-refractivity contribution in [2.45, 2.75) is 52.6 Å². The molecule has 1 fully saturated rings. The van der Waals surface area contributed by atoms with Crippen LogP contribution in [0, 0.1) is 22.7 Å². The molecule has 0 bridgehead atoms. The molecule has 33 heavy (non-hydrogen) atoms. The minimum absolute atomic E-state index is 0.0694. The predicted molar refractivity (Wildman–Crippen MR) is 120 cm³/mol. The highest BCUT2D eigenvalue weighted by Gasteiger charge is 2.47. The van der Waals surface area contributed by atoms with Crippen LogP contribution in [0.5, 0.6) is 5.75 Å². The fourth-order valence-corrected chi connectivity index (χ4v) is 4.43. The monoisotopic (exact) mass is 457 g/mol. The second-order valence-electron chi connectivity index (χ2n) is 9.88. The first-order valence-electron chi connectivity index (χ1n) is 11.1. The van der Waals surface area contributed by atoms with Crippen LogP contribution >= 0.6 is 0 Å². The van der Waals surface area contributed by atoms with Crippen molar-refractivity contribution >= 4 is 23.7 Å². The Morgan fingerprint density at radius 3 is 2.73 bits per heavy atom. The smallest absolute Gasteiger partial charge is 0.410 e. The van der Waals surface area contributed by atoms with Gasteiger partial charge in [-0.05, 0) is 71.1 Å². The number of piperidine rings is 1. The Balaban J connectivity index is 1.67. The van der Waals surface area contributed by atoms with Crippen LogP contribution < -0.4 is 9.64 Å². The van der Waals surface area contributed by atoms with Gasteiger partial charge in [-0.25, -0.2) is 4.79 Å². The molecule has 1 saturated heterocycles. The van der Waals surface area contributed by atoms with Crippen molar-refractivity contribution in [2.75, 3.05) is 31.1 Å². The summed E-state index contributed by atoms with van der Waals surface area (Å²) in [5.41, 5.74) is -0.771. The van der Waals surface area contributed by atoms with Crippen molar-refractivity contribution in [3.05, 3.63) is 23.8 Å². The number of anilines is 1. The van der Waals surface area contributed by atoms with E-state index in [1.807, 2.05) is 0 Å². The third-order valence-electron chi connectivity index (χ3n) is 6.27. The van der Waals surface area contributed by atoms with E-state index >= 15 is 0 Å². The summed E-state index contributed by atoms with van der Waals surface area (Å²) in [6, 6.07) is 7.03. The lowest BCUT2D eigenvalue weighted by atomic mass is 9.70.